The van der Waals surface area contributed by atoms with Crippen LogP contribution >= 0.6 is 0 Å². The summed E-state index contributed by atoms with van der Waals surface area (Å²) in [5.74, 6) is -2.69. The van der Waals surface area contributed by atoms with Gasteiger partial charge in [0.15, 0.2) is 0 Å². The first-order valence-corrected chi connectivity index (χ1v) is 6.70. The van der Waals surface area contributed by atoms with Crippen LogP contribution in [0.4, 0.5) is 21.9 Å². The number of nitrogens with one attached hydrogen (secondary N) is 2. The lowest BCUT2D eigenvalue weighted by atomic mass is 10.1. The van der Waals surface area contributed by atoms with Gasteiger partial charge in [0, 0.05) is 23.5 Å². The van der Waals surface area contributed by atoms with Gasteiger partial charge in [-0.05, 0) is 30.3 Å². The highest BCUT2D eigenvalue weighted by molar-refractivity contribution is 6.02. The number of hydrogen-bond donors (Lipinski definition) is 4. The van der Waals surface area contributed by atoms with E-state index in [2.05, 4.69) is 10.6 Å². The van der Waals surface area contributed by atoms with Crippen LogP contribution < -0.4 is 10.6 Å². The maximum atomic E-state index is 11.9. The second-order valence-electron chi connectivity index (χ2n) is 4.79. The number of carboxylic acids is 2. The summed E-state index contributed by atoms with van der Waals surface area (Å²) in [6.07, 6.45) is 0. The smallest absolute Gasteiger partial charge is 0.335 e. The summed E-state index contributed by atoms with van der Waals surface area (Å²) in [4.78, 5) is 43.9. The van der Waals surface area contributed by atoms with Gasteiger partial charge in [0.1, 0.15) is 0 Å². The molecule has 0 aliphatic carbocycles. The fraction of sp³-hybridized carbons (Fsp3) is 0. The molecule has 2 amide bonds. The molecule has 10 nitrogen and oxygen atoms in total. The largest absolute Gasteiger partial charge is 0.478 e. The average Bonchev–Trinajstić information content (AvgIpc) is 2.54. The van der Waals surface area contributed by atoms with Crippen molar-refractivity contribution in [1.29, 1.82) is 0 Å². The zero-order valence-corrected chi connectivity index (χ0v) is 12.4. The Morgan fingerprint density at radius 1 is 0.840 bits per heavy atom. The molecule has 4 N–H and O–H groups in total. The number of anilines is 2. The van der Waals surface area contributed by atoms with Gasteiger partial charge in [0.25, 0.3) is 5.69 Å². The van der Waals surface area contributed by atoms with E-state index in [9.17, 15) is 24.5 Å². The molecule has 2 aromatic carbocycles. The Bertz CT molecular complexity index is 830. The Hall–Kier alpha value is -3.95. The van der Waals surface area contributed by atoms with Crippen LogP contribution in [0.25, 0.3) is 0 Å². The van der Waals surface area contributed by atoms with Crippen LogP contribution in [0.3, 0.4) is 0 Å². The van der Waals surface area contributed by atoms with E-state index in [1.807, 2.05) is 0 Å². The summed E-state index contributed by atoms with van der Waals surface area (Å²) in [5.41, 5.74) is -0.519. The molecule has 0 aliphatic heterocycles. The monoisotopic (exact) mass is 345 g/mol. The van der Waals surface area contributed by atoms with E-state index in [-0.39, 0.29) is 28.2 Å². The number of nitro benzene ring substituents is 1. The van der Waals surface area contributed by atoms with E-state index in [0.717, 1.165) is 18.2 Å². The minimum absolute atomic E-state index is 0.0308. The number of carboxylic acid groups (broad SMARTS) is 2. The van der Waals surface area contributed by atoms with Crippen LogP contribution in [-0.2, 0) is 0 Å². The van der Waals surface area contributed by atoms with Crippen LogP contribution in [-0.4, -0.2) is 33.1 Å². The van der Waals surface area contributed by atoms with Crippen molar-refractivity contribution >= 4 is 35.0 Å². The van der Waals surface area contributed by atoms with E-state index < -0.39 is 22.9 Å². The number of hydrogen-bond acceptors (Lipinski definition) is 5. The highest BCUT2D eigenvalue weighted by Crippen LogP contribution is 2.18. The Morgan fingerprint density at radius 2 is 1.32 bits per heavy atom. The molecular formula is C15H11N3O7. The number of nitro groups is 1. The van der Waals surface area contributed by atoms with Crippen molar-refractivity contribution in [2.24, 2.45) is 0 Å². The van der Waals surface area contributed by atoms with Crippen LogP contribution in [0.15, 0.2) is 42.5 Å². The summed E-state index contributed by atoms with van der Waals surface area (Å²) in [6.45, 7) is 0. The summed E-state index contributed by atoms with van der Waals surface area (Å²) < 4.78 is 0. The van der Waals surface area contributed by atoms with Gasteiger partial charge in [0.05, 0.1) is 16.1 Å². The van der Waals surface area contributed by atoms with Crippen LogP contribution in [0.1, 0.15) is 20.7 Å². The lowest BCUT2D eigenvalue weighted by Crippen LogP contribution is -2.20. The van der Waals surface area contributed by atoms with Gasteiger partial charge < -0.3 is 20.8 Å². The van der Waals surface area contributed by atoms with Gasteiger partial charge in [0.2, 0.25) is 0 Å². The first-order chi connectivity index (χ1) is 11.8. The Labute approximate surface area is 139 Å². The molecular weight excluding hydrogens is 334 g/mol. The average molecular weight is 345 g/mol. The van der Waals surface area contributed by atoms with Gasteiger partial charge in [-0.2, -0.15) is 0 Å². The molecule has 0 radical (unpaired) electrons. The van der Waals surface area contributed by atoms with E-state index in [1.54, 1.807) is 0 Å². The Morgan fingerprint density at radius 3 is 1.76 bits per heavy atom. The van der Waals surface area contributed by atoms with Crippen LogP contribution in [0.2, 0.25) is 0 Å². The number of benzene rings is 2. The standard InChI is InChI=1S/C15H11N3O7/c19-13(20)8-5-9(14(21)22)7-11(6-8)17-15(23)16-10-1-3-12(4-2-10)18(24)25/h1-7H,(H,19,20)(H,21,22)(H2,16,17,23). The van der Waals surface area contributed by atoms with Crippen molar-refractivity contribution in [3.05, 3.63) is 63.7 Å². The summed E-state index contributed by atoms with van der Waals surface area (Å²) in [5, 5.41) is 33.2. The normalized spacial score (nSPS) is 9.92. The van der Waals surface area contributed by atoms with Gasteiger partial charge in [-0.1, -0.05) is 0 Å². The number of rotatable bonds is 5. The predicted octanol–water partition coefficient (Wildman–Crippen LogP) is 2.64. The highest BCUT2D eigenvalue weighted by Gasteiger charge is 2.13. The van der Waals surface area contributed by atoms with E-state index in [1.165, 1.54) is 24.3 Å². The maximum absolute atomic E-state index is 11.9. The molecule has 0 aliphatic rings. The third kappa shape index (κ3) is 4.51. The van der Waals surface area contributed by atoms with E-state index in [4.69, 9.17) is 10.2 Å². The van der Waals surface area contributed by atoms with E-state index in [0.29, 0.717) is 0 Å². The van der Waals surface area contributed by atoms with Crippen molar-refractivity contribution in [2.45, 2.75) is 0 Å². The Kier molecular flexibility index (Phi) is 4.93. The molecule has 0 saturated heterocycles. The van der Waals surface area contributed by atoms with Crippen molar-refractivity contribution < 1.29 is 29.5 Å². The second kappa shape index (κ2) is 7.08. The number of aromatic carboxylic acids is 2. The van der Waals surface area contributed by atoms with Crippen molar-refractivity contribution in [3.8, 4) is 0 Å². The quantitative estimate of drug-likeness (QED) is 0.478. The van der Waals surface area contributed by atoms with Gasteiger partial charge >= 0.3 is 18.0 Å². The van der Waals surface area contributed by atoms with Crippen molar-refractivity contribution in [2.75, 3.05) is 10.6 Å². The van der Waals surface area contributed by atoms with Gasteiger partial charge in [-0.3, -0.25) is 10.1 Å². The lowest BCUT2D eigenvalue weighted by Gasteiger charge is -2.09. The SMILES string of the molecule is O=C(Nc1ccc([N+](=O)[O-])cc1)Nc1cc(C(=O)O)cc(C(=O)O)c1. The molecule has 2 aromatic rings. The molecule has 2 rings (SSSR count). The van der Waals surface area contributed by atoms with Gasteiger partial charge in [-0.15, -0.1) is 0 Å². The number of carbonyl (C=O) groups excluding carboxylic acids is 1. The molecule has 0 aromatic heterocycles. The number of nitrogens with zero attached hydrogens (tertiary/aromatic N) is 1. The zero-order valence-electron chi connectivity index (χ0n) is 12.4. The van der Waals surface area contributed by atoms with Crippen LogP contribution in [0, 0.1) is 10.1 Å². The molecule has 0 spiro atoms. The molecule has 0 heterocycles. The second-order valence-corrected chi connectivity index (χ2v) is 4.79. The first kappa shape index (κ1) is 17.4. The molecule has 0 atom stereocenters. The number of urea groups is 1. The van der Waals surface area contributed by atoms with Gasteiger partial charge in [-0.25, -0.2) is 14.4 Å². The van der Waals surface area contributed by atoms with Crippen molar-refractivity contribution in [3.63, 3.8) is 0 Å². The van der Waals surface area contributed by atoms with E-state index >= 15 is 0 Å². The topological polar surface area (TPSA) is 159 Å². The molecule has 10 heteroatoms. The first-order valence-electron chi connectivity index (χ1n) is 6.70. The summed E-state index contributed by atoms with van der Waals surface area (Å²) in [6, 6.07) is 7.42. The third-order valence-corrected chi connectivity index (χ3v) is 3.02. The third-order valence-electron chi connectivity index (χ3n) is 3.02. The predicted molar refractivity (Wildman–Crippen MR) is 86.1 cm³/mol. The molecule has 128 valence electrons. The number of amides is 2. The van der Waals surface area contributed by atoms with Crippen molar-refractivity contribution in [1.82, 2.24) is 0 Å². The molecule has 0 bridgehead atoms. The molecule has 0 unspecified atom stereocenters. The molecule has 25 heavy (non-hydrogen) atoms. The minimum atomic E-state index is -1.35. The highest BCUT2D eigenvalue weighted by atomic mass is 16.6. The summed E-state index contributed by atoms with van der Waals surface area (Å²) >= 11 is 0. The fourth-order valence-corrected chi connectivity index (χ4v) is 1.91. The molecule has 0 saturated carbocycles. The lowest BCUT2D eigenvalue weighted by molar-refractivity contribution is -0.384. The maximum Gasteiger partial charge on any atom is 0.335 e. The zero-order chi connectivity index (χ0) is 18.6. The number of carbonyl (C=O) groups is 3. The number of non-ortho nitro benzene ring substituents is 1. The summed E-state index contributed by atoms with van der Waals surface area (Å²) in [7, 11) is 0. The Balaban J connectivity index is 2.15. The minimum Gasteiger partial charge on any atom is -0.478 e. The van der Waals surface area contributed by atoms with Crippen LogP contribution in [0.5, 0.6) is 0 Å². The fourth-order valence-electron chi connectivity index (χ4n) is 1.91. The molecule has 0 fully saturated rings.